The van der Waals surface area contributed by atoms with Gasteiger partial charge in [0.2, 0.25) is 0 Å². The molecule has 0 bridgehead atoms. The summed E-state index contributed by atoms with van der Waals surface area (Å²) in [6, 6.07) is 74.1. The van der Waals surface area contributed by atoms with Crippen LogP contribution in [-0.4, -0.2) is 0 Å². The Labute approximate surface area is 425 Å². The molecule has 0 N–H and O–H groups in total. The average molecular weight is 927 g/mol. The minimum absolute atomic E-state index is 0.934. The molecule has 2 heteroatoms. The molecule has 348 valence electrons. The molecule has 0 fully saturated rings. The van der Waals surface area contributed by atoms with Crippen LogP contribution in [0.25, 0.3) is 66.6 Å². The van der Waals surface area contributed by atoms with Crippen molar-refractivity contribution >= 4 is 67.3 Å². The molecule has 10 aromatic carbocycles. The van der Waals surface area contributed by atoms with Gasteiger partial charge < -0.3 is 9.80 Å². The summed E-state index contributed by atoms with van der Waals surface area (Å²) in [6.45, 7) is 16.8. The van der Waals surface area contributed by atoms with Crippen LogP contribution in [0, 0.1) is 27.7 Å². The predicted octanol–water partition coefficient (Wildman–Crippen LogP) is 19.9. The first-order valence-corrected chi connectivity index (χ1v) is 25.1. The highest BCUT2D eigenvalue weighted by Crippen LogP contribution is 2.49. The van der Waals surface area contributed by atoms with Crippen molar-refractivity contribution in [1.82, 2.24) is 0 Å². The van der Waals surface area contributed by atoms with E-state index >= 15 is 0 Å². The highest BCUT2D eigenvalue weighted by Gasteiger charge is 2.26. The van der Waals surface area contributed by atoms with Crippen LogP contribution in [0.15, 0.2) is 238 Å². The number of aryl methyl sites for hydroxylation is 4. The Balaban J connectivity index is 1.08. The summed E-state index contributed by atoms with van der Waals surface area (Å²) in [4.78, 5) is 5.00. The third kappa shape index (κ3) is 8.67. The van der Waals surface area contributed by atoms with Crippen molar-refractivity contribution in [2.24, 2.45) is 0 Å². The van der Waals surface area contributed by atoms with Gasteiger partial charge in [0.05, 0.1) is 11.4 Å². The molecular weight excluding hydrogens is 869 g/mol. The van der Waals surface area contributed by atoms with Crippen LogP contribution >= 0.6 is 0 Å². The molecule has 11 rings (SSSR count). The Hall–Kier alpha value is -8.72. The van der Waals surface area contributed by atoms with Crippen molar-refractivity contribution in [3.05, 3.63) is 277 Å². The molecule has 72 heavy (non-hydrogen) atoms. The molecule has 0 amide bonds. The van der Waals surface area contributed by atoms with E-state index in [2.05, 4.69) is 263 Å². The second-order valence-corrected chi connectivity index (χ2v) is 19.2. The van der Waals surface area contributed by atoms with Gasteiger partial charge in [0.15, 0.2) is 0 Å². The van der Waals surface area contributed by atoms with Gasteiger partial charge in [-0.3, -0.25) is 0 Å². The van der Waals surface area contributed by atoms with E-state index in [1.54, 1.807) is 0 Å². The van der Waals surface area contributed by atoms with Crippen LogP contribution in [0.1, 0.15) is 45.4 Å². The SMILES string of the molecule is C=C/C=C(\C=C)c1cccc(-c2ccc(N(c3ccc(C)cc3C)c3cc4c(cc(N(c5ccc(-c6cccc(-c7ccccc7)c6)cc5)c5ccc(C)cc5C)c5ccccc54)c4c3CCC=C4)cc2)c1. The fourth-order valence-electron chi connectivity index (χ4n) is 10.9. The molecule has 1 aliphatic rings. The molecule has 0 unspecified atom stereocenters. The molecule has 1 aliphatic carbocycles. The number of hydrogen-bond donors (Lipinski definition) is 0. The van der Waals surface area contributed by atoms with Gasteiger partial charge in [0.25, 0.3) is 0 Å². The zero-order valence-electron chi connectivity index (χ0n) is 41.7. The summed E-state index contributed by atoms with van der Waals surface area (Å²) < 4.78 is 0. The van der Waals surface area contributed by atoms with E-state index in [1.165, 1.54) is 88.6 Å². The van der Waals surface area contributed by atoms with Gasteiger partial charge in [0, 0.05) is 28.1 Å². The number of fused-ring (bicyclic) bond motifs is 5. The molecule has 0 aliphatic heterocycles. The Bertz CT molecular complexity index is 3760. The van der Waals surface area contributed by atoms with E-state index in [0.717, 1.165) is 57.9 Å². The van der Waals surface area contributed by atoms with Crippen LogP contribution in [0.5, 0.6) is 0 Å². The first kappa shape index (κ1) is 45.7. The third-order valence-corrected chi connectivity index (χ3v) is 14.4. The number of allylic oxidation sites excluding steroid dienone is 5. The van der Waals surface area contributed by atoms with E-state index in [4.69, 9.17) is 0 Å². The first-order valence-electron chi connectivity index (χ1n) is 25.1. The van der Waals surface area contributed by atoms with Crippen LogP contribution in [0.2, 0.25) is 0 Å². The maximum Gasteiger partial charge on any atom is 0.0546 e. The smallest absolute Gasteiger partial charge is 0.0546 e. The molecule has 0 heterocycles. The van der Waals surface area contributed by atoms with E-state index in [0.29, 0.717) is 0 Å². The lowest BCUT2D eigenvalue weighted by Crippen LogP contribution is -2.16. The summed E-state index contributed by atoms with van der Waals surface area (Å²) in [5.74, 6) is 0. The van der Waals surface area contributed by atoms with Crippen molar-refractivity contribution in [3.63, 3.8) is 0 Å². The molecule has 0 spiro atoms. The Morgan fingerprint density at radius 1 is 0.431 bits per heavy atom. The van der Waals surface area contributed by atoms with E-state index < -0.39 is 0 Å². The number of hydrogen-bond acceptors (Lipinski definition) is 2. The lowest BCUT2D eigenvalue weighted by molar-refractivity contribution is 0.983. The van der Waals surface area contributed by atoms with Gasteiger partial charge in [-0.05, 0) is 184 Å². The van der Waals surface area contributed by atoms with Crippen LogP contribution in [-0.2, 0) is 6.42 Å². The summed E-state index contributed by atoms with van der Waals surface area (Å²) >= 11 is 0. The van der Waals surface area contributed by atoms with Gasteiger partial charge in [-0.2, -0.15) is 0 Å². The van der Waals surface area contributed by atoms with Crippen LogP contribution in [0.3, 0.4) is 0 Å². The summed E-state index contributed by atoms with van der Waals surface area (Å²) in [5.41, 5.74) is 23.8. The maximum absolute atomic E-state index is 4.06. The molecular formula is C70H58N2. The lowest BCUT2D eigenvalue weighted by atomic mass is 9.87. The fourth-order valence-corrected chi connectivity index (χ4v) is 10.9. The van der Waals surface area contributed by atoms with E-state index in [1.807, 2.05) is 18.2 Å². The predicted molar refractivity (Wildman–Crippen MR) is 312 cm³/mol. The van der Waals surface area contributed by atoms with Gasteiger partial charge >= 0.3 is 0 Å². The van der Waals surface area contributed by atoms with Crippen molar-refractivity contribution in [2.45, 2.75) is 40.5 Å². The Morgan fingerprint density at radius 3 is 1.56 bits per heavy atom. The lowest BCUT2D eigenvalue weighted by Gasteiger charge is -2.33. The van der Waals surface area contributed by atoms with E-state index in [9.17, 15) is 0 Å². The van der Waals surface area contributed by atoms with Crippen molar-refractivity contribution in [1.29, 1.82) is 0 Å². The van der Waals surface area contributed by atoms with Crippen molar-refractivity contribution < 1.29 is 0 Å². The fraction of sp³-hybridized carbons (Fsp3) is 0.0857. The summed E-state index contributed by atoms with van der Waals surface area (Å²) in [6.07, 6.45) is 12.4. The van der Waals surface area contributed by atoms with E-state index in [-0.39, 0.29) is 0 Å². The molecule has 10 aromatic rings. The van der Waals surface area contributed by atoms with Gasteiger partial charge in [-0.15, -0.1) is 0 Å². The number of anilines is 6. The van der Waals surface area contributed by atoms with Crippen LogP contribution < -0.4 is 9.80 Å². The average Bonchev–Trinajstić information content (AvgIpc) is 3.42. The second kappa shape index (κ2) is 19.6. The number of nitrogens with zero attached hydrogens (tertiary/aromatic N) is 2. The number of benzene rings is 10. The Kier molecular flexibility index (Phi) is 12.4. The van der Waals surface area contributed by atoms with Gasteiger partial charge in [0.1, 0.15) is 0 Å². The molecule has 0 aromatic heterocycles. The zero-order chi connectivity index (χ0) is 49.3. The minimum Gasteiger partial charge on any atom is -0.310 e. The maximum atomic E-state index is 4.06. The monoisotopic (exact) mass is 926 g/mol. The van der Waals surface area contributed by atoms with Gasteiger partial charge in [-0.1, -0.05) is 194 Å². The normalized spacial score (nSPS) is 12.2. The molecule has 2 nitrogen and oxygen atoms in total. The van der Waals surface area contributed by atoms with Crippen LogP contribution in [0.4, 0.5) is 34.1 Å². The summed E-state index contributed by atoms with van der Waals surface area (Å²) in [7, 11) is 0. The molecule has 0 radical (unpaired) electrons. The first-order chi connectivity index (χ1) is 35.3. The molecule has 0 atom stereocenters. The highest BCUT2D eigenvalue weighted by atomic mass is 15.2. The van der Waals surface area contributed by atoms with Crippen molar-refractivity contribution in [3.8, 4) is 33.4 Å². The molecule has 0 saturated carbocycles. The second-order valence-electron chi connectivity index (χ2n) is 19.2. The Morgan fingerprint density at radius 2 is 0.958 bits per heavy atom. The topological polar surface area (TPSA) is 6.48 Å². The summed E-state index contributed by atoms with van der Waals surface area (Å²) in [5, 5.41) is 4.90. The standard InChI is InChI=1S/C70H58N2/c1-7-18-51(8-2)55-21-16-23-57(43-55)53-31-35-59(36-32-53)71(67-39-29-47(3)41-49(67)5)69-45-65-62-26-13-15-28-64(62)70(46-66(65)61-25-12-14-27-63(61)69)72(68-40-30-48(4)42-50(68)6)60-37-33-54(34-38-60)58-24-17-22-56(44-58)52-19-10-9-11-20-52/h7-13,15-26,28-46H,1-2,14,27H2,3-6H3/b51-18+. The largest absolute Gasteiger partial charge is 0.310 e. The number of rotatable bonds is 12. The highest BCUT2D eigenvalue weighted by molar-refractivity contribution is 6.18. The zero-order valence-corrected chi connectivity index (χ0v) is 41.7. The minimum atomic E-state index is 0.934. The van der Waals surface area contributed by atoms with Crippen molar-refractivity contribution in [2.75, 3.05) is 9.80 Å². The quantitative estimate of drug-likeness (QED) is 0.0890. The van der Waals surface area contributed by atoms with Gasteiger partial charge in [-0.25, -0.2) is 0 Å². The third-order valence-electron chi connectivity index (χ3n) is 14.4. The molecule has 0 saturated heterocycles.